The molecule has 9 heteroatoms. The Balaban J connectivity index is 0.00000112. The van der Waals surface area contributed by atoms with Gasteiger partial charge in [-0.05, 0) is 42.8 Å². The third-order valence-corrected chi connectivity index (χ3v) is 5.37. The fourth-order valence-corrected chi connectivity index (χ4v) is 3.82. The first-order chi connectivity index (χ1) is 15.1. The average Bonchev–Trinajstić information content (AvgIpc) is 3.34. The van der Waals surface area contributed by atoms with E-state index in [1.165, 1.54) is 17.7 Å². The second-order valence-corrected chi connectivity index (χ2v) is 7.65. The first kappa shape index (κ1) is 20.5. The lowest BCUT2D eigenvalue weighted by Crippen LogP contribution is -1.97. The van der Waals surface area contributed by atoms with E-state index in [1.54, 1.807) is 6.33 Å². The monoisotopic (exact) mass is 433 g/mol. The van der Waals surface area contributed by atoms with E-state index in [0.717, 1.165) is 38.6 Å². The van der Waals surface area contributed by atoms with Crippen LogP contribution in [-0.2, 0) is 7.05 Å². The second-order valence-electron chi connectivity index (χ2n) is 6.64. The molecule has 0 bridgehead atoms. The Bertz CT molecular complexity index is 1360. The van der Waals surface area contributed by atoms with E-state index >= 15 is 0 Å². The minimum absolute atomic E-state index is 0.466. The molecule has 3 heterocycles. The van der Waals surface area contributed by atoms with Crippen molar-refractivity contribution in [2.24, 2.45) is 7.05 Å². The number of fused-ring (bicyclic) bond motifs is 2. The van der Waals surface area contributed by atoms with Gasteiger partial charge >= 0.3 is 0 Å². The van der Waals surface area contributed by atoms with E-state index in [0.29, 0.717) is 16.5 Å². The van der Waals surface area contributed by atoms with Crippen molar-refractivity contribution in [2.75, 3.05) is 11.1 Å². The minimum atomic E-state index is 0.466. The number of rotatable bonds is 4. The number of thiazole rings is 1. The summed E-state index contributed by atoms with van der Waals surface area (Å²) in [7, 11) is 1.97. The van der Waals surface area contributed by atoms with Gasteiger partial charge < -0.3 is 20.4 Å². The highest BCUT2D eigenvalue weighted by Crippen LogP contribution is 2.32. The van der Waals surface area contributed by atoms with Crippen molar-refractivity contribution in [3.8, 4) is 11.5 Å². The zero-order valence-electron chi connectivity index (χ0n) is 17.7. The zero-order valence-corrected chi connectivity index (χ0v) is 18.6. The van der Waals surface area contributed by atoms with Gasteiger partial charge in [0.05, 0.1) is 17.4 Å². The van der Waals surface area contributed by atoms with Gasteiger partial charge in [-0.3, -0.25) is 0 Å². The van der Waals surface area contributed by atoms with E-state index in [-0.39, 0.29) is 0 Å². The summed E-state index contributed by atoms with van der Waals surface area (Å²) in [5.41, 5.74) is 10.3. The Morgan fingerprint density at radius 3 is 2.71 bits per heavy atom. The predicted molar refractivity (Wildman–Crippen MR) is 126 cm³/mol. The molecule has 2 aromatic carbocycles. The topological polar surface area (TPSA) is 104 Å². The van der Waals surface area contributed by atoms with Gasteiger partial charge in [0.2, 0.25) is 0 Å². The summed E-state index contributed by atoms with van der Waals surface area (Å²) >= 11 is 1.33. The molecule has 0 saturated heterocycles. The van der Waals surface area contributed by atoms with Crippen LogP contribution < -0.4 is 15.8 Å². The number of benzene rings is 2. The Kier molecular flexibility index (Phi) is 5.68. The lowest BCUT2D eigenvalue weighted by Gasteiger charge is -2.12. The molecular weight excluding hydrogens is 410 g/mol. The van der Waals surface area contributed by atoms with Crippen LogP contribution in [0.1, 0.15) is 19.4 Å². The summed E-state index contributed by atoms with van der Waals surface area (Å²) in [4.78, 5) is 17.9. The lowest BCUT2D eigenvalue weighted by molar-refractivity contribution is 0.479. The number of aryl methyl sites for hydroxylation is 2. The van der Waals surface area contributed by atoms with Crippen molar-refractivity contribution in [1.29, 1.82) is 0 Å². The molecule has 0 saturated carbocycles. The highest BCUT2D eigenvalue weighted by molar-refractivity contribution is 7.21. The third-order valence-electron chi connectivity index (χ3n) is 4.57. The van der Waals surface area contributed by atoms with E-state index in [2.05, 4.69) is 25.3 Å². The van der Waals surface area contributed by atoms with Crippen LogP contribution in [0.5, 0.6) is 11.5 Å². The number of imidazole rings is 1. The standard InChI is InChI=1S/C20H17N7OS.C2H6/c1-11-7-12(25-18-17-19(23-9-22-18)29-20(21)26-17)3-6-16(11)28-13-4-5-15-14(8-13)24-10-27(15)2;1-2/h3-10H,1-2H3,(H2,21,26)(H,22,23,25);1-2H3. The van der Waals surface area contributed by atoms with Gasteiger partial charge in [0.1, 0.15) is 23.3 Å². The van der Waals surface area contributed by atoms with Gasteiger partial charge in [0.15, 0.2) is 15.8 Å². The van der Waals surface area contributed by atoms with Crippen molar-refractivity contribution in [2.45, 2.75) is 20.8 Å². The van der Waals surface area contributed by atoms with Crippen LogP contribution in [0.15, 0.2) is 49.1 Å². The van der Waals surface area contributed by atoms with Crippen molar-refractivity contribution in [3.05, 3.63) is 54.6 Å². The summed E-state index contributed by atoms with van der Waals surface area (Å²) in [6.45, 7) is 6.00. The molecule has 0 spiro atoms. The SMILES string of the molecule is CC.Cc1cc(Nc2ncnc3sc(N)nc23)ccc1Oc1ccc2c(c1)ncn2C. The van der Waals surface area contributed by atoms with E-state index in [1.807, 2.05) is 68.8 Å². The van der Waals surface area contributed by atoms with Crippen molar-refractivity contribution in [1.82, 2.24) is 24.5 Å². The van der Waals surface area contributed by atoms with Crippen LogP contribution in [0.2, 0.25) is 0 Å². The Morgan fingerprint density at radius 1 is 1.06 bits per heavy atom. The van der Waals surface area contributed by atoms with Crippen molar-refractivity contribution in [3.63, 3.8) is 0 Å². The third kappa shape index (κ3) is 4.13. The number of hydrogen-bond donors (Lipinski definition) is 2. The van der Waals surface area contributed by atoms with Gasteiger partial charge in [-0.1, -0.05) is 25.2 Å². The highest BCUT2D eigenvalue weighted by atomic mass is 32.1. The molecule has 31 heavy (non-hydrogen) atoms. The van der Waals surface area contributed by atoms with Crippen LogP contribution >= 0.6 is 11.3 Å². The molecule has 0 fully saturated rings. The van der Waals surface area contributed by atoms with Gasteiger partial charge in [0, 0.05) is 18.8 Å². The zero-order chi connectivity index (χ0) is 22.0. The van der Waals surface area contributed by atoms with Crippen LogP contribution in [-0.4, -0.2) is 24.5 Å². The predicted octanol–water partition coefficient (Wildman–Crippen LogP) is 5.43. The molecule has 0 radical (unpaired) electrons. The van der Waals surface area contributed by atoms with Crippen molar-refractivity contribution < 1.29 is 4.74 Å². The van der Waals surface area contributed by atoms with Crippen LogP contribution in [0, 0.1) is 6.92 Å². The first-order valence-corrected chi connectivity index (χ1v) is 10.7. The van der Waals surface area contributed by atoms with Crippen LogP contribution in [0.25, 0.3) is 21.4 Å². The summed E-state index contributed by atoms with van der Waals surface area (Å²) in [5.74, 6) is 2.14. The molecule has 0 unspecified atom stereocenters. The van der Waals surface area contributed by atoms with E-state index < -0.39 is 0 Å². The van der Waals surface area contributed by atoms with Gasteiger partial charge in [0.25, 0.3) is 0 Å². The van der Waals surface area contributed by atoms with E-state index in [4.69, 9.17) is 10.5 Å². The number of nitrogens with two attached hydrogens (primary N) is 1. The fraction of sp³-hybridized carbons (Fsp3) is 0.182. The summed E-state index contributed by atoms with van der Waals surface area (Å²) in [5, 5.41) is 3.75. The number of nitrogen functional groups attached to an aromatic ring is 1. The molecule has 0 aliphatic rings. The number of anilines is 3. The maximum Gasteiger partial charge on any atom is 0.182 e. The molecule has 5 rings (SSSR count). The number of hydrogen-bond acceptors (Lipinski definition) is 8. The summed E-state index contributed by atoms with van der Waals surface area (Å²) < 4.78 is 8.05. The number of aromatic nitrogens is 5. The smallest absolute Gasteiger partial charge is 0.182 e. The number of nitrogens with zero attached hydrogens (tertiary/aromatic N) is 5. The quantitative estimate of drug-likeness (QED) is 0.390. The largest absolute Gasteiger partial charge is 0.457 e. The fourth-order valence-electron chi connectivity index (χ4n) is 3.15. The maximum atomic E-state index is 6.08. The first-order valence-electron chi connectivity index (χ1n) is 9.90. The van der Waals surface area contributed by atoms with Gasteiger partial charge in [-0.2, -0.15) is 0 Å². The molecular formula is C22H23N7OS. The van der Waals surface area contributed by atoms with Gasteiger partial charge in [-0.25, -0.2) is 19.9 Å². The molecule has 158 valence electrons. The normalized spacial score (nSPS) is 10.7. The molecule has 0 aliphatic heterocycles. The summed E-state index contributed by atoms with van der Waals surface area (Å²) in [6.07, 6.45) is 3.29. The van der Waals surface area contributed by atoms with Crippen LogP contribution in [0.3, 0.4) is 0 Å². The Labute approximate surface area is 183 Å². The molecule has 0 aliphatic carbocycles. The Morgan fingerprint density at radius 2 is 1.90 bits per heavy atom. The van der Waals surface area contributed by atoms with Gasteiger partial charge in [-0.15, -0.1) is 0 Å². The molecule has 3 aromatic heterocycles. The maximum absolute atomic E-state index is 6.08. The molecule has 0 amide bonds. The van der Waals surface area contributed by atoms with Crippen molar-refractivity contribution >= 4 is 49.4 Å². The van der Waals surface area contributed by atoms with Crippen LogP contribution in [0.4, 0.5) is 16.6 Å². The number of nitrogens with one attached hydrogen (secondary N) is 1. The highest BCUT2D eigenvalue weighted by Gasteiger charge is 2.11. The molecule has 5 aromatic rings. The molecule has 8 nitrogen and oxygen atoms in total. The minimum Gasteiger partial charge on any atom is -0.457 e. The Hall–Kier alpha value is -3.72. The molecule has 0 atom stereocenters. The summed E-state index contributed by atoms with van der Waals surface area (Å²) in [6, 6.07) is 11.7. The second kappa shape index (κ2) is 8.57. The van der Waals surface area contributed by atoms with E-state index in [9.17, 15) is 0 Å². The lowest BCUT2D eigenvalue weighted by atomic mass is 10.2. The molecule has 3 N–H and O–H groups in total. The average molecular weight is 434 g/mol. The number of ether oxygens (including phenoxy) is 1.